The third-order valence-corrected chi connectivity index (χ3v) is 3.92. The van der Waals surface area contributed by atoms with Crippen molar-refractivity contribution in [1.82, 2.24) is 19.8 Å². The molecule has 0 aliphatic carbocycles. The molecule has 1 unspecified atom stereocenters. The predicted octanol–water partition coefficient (Wildman–Crippen LogP) is 0.743. The molecule has 0 aromatic carbocycles. The van der Waals surface area contributed by atoms with Gasteiger partial charge in [-0.2, -0.15) is 0 Å². The lowest BCUT2D eigenvalue weighted by Crippen LogP contribution is -2.52. The summed E-state index contributed by atoms with van der Waals surface area (Å²) >= 11 is 0. The van der Waals surface area contributed by atoms with Gasteiger partial charge in [-0.25, -0.2) is 4.98 Å². The number of likely N-dealkylation sites (N-methyl/N-ethyl adjacent to an activating group) is 1. The minimum absolute atomic E-state index is 0.454. The molecule has 6 heteroatoms. The van der Waals surface area contributed by atoms with Crippen molar-refractivity contribution >= 4 is 11.6 Å². The summed E-state index contributed by atoms with van der Waals surface area (Å²) in [5.74, 6) is 1.81. The van der Waals surface area contributed by atoms with Crippen molar-refractivity contribution in [1.29, 1.82) is 0 Å². The summed E-state index contributed by atoms with van der Waals surface area (Å²) in [5.41, 5.74) is 5.65. The molecule has 2 heterocycles. The first-order valence-electron chi connectivity index (χ1n) is 7.30. The molecule has 1 aliphatic heterocycles. The molecule has 0 radical (unpaired) electrons. The van der Waals surface area contributed by atoms with E-state index in [9.17, 15) is 0 Å². The van der Waals surface area contributed by atoms with E-state index in [1.807, 2.05) is 0 Å². The minimum atomic E-state index is 0.454. The second-order valence-electron chi connectivity index (χ2n) is 5.86. The average Bonchev–Trinajstić information content (AvgIpc) is 2.41. The smallest absolute Gasteiger partial charge is 0.147 e. The third-order valence-electron chi connectivity index (χ3n) is 3.92. The average molecular weight is 278 g/mol. The lowest BCUT2D eigenvalue weighted by molar-refractivity contribution is 0.0944. The zero-order valence-corrected chi connectivity index (χ0v) is 12.7. The number of hydrogen-bond donors (Lipinski definition) is 2. The highest BCUT2D eigenvalue weighted by atomic mass is 15.3. The van der Waals surface area contributed by atoms with E-state index < -0.39 is 0 Å². The predicted molar refractivity (Wildman–Crippen MR) is 82.6 cm³/mol. The van der Waals surface area contributed by atoms with Crippen molar-refractivity contribution in [3.05, 3.63) is 12.4 Å². The minimum Gasteiger partial charge on any atom is -0.382 e. The van der Waals surface area contributed by atoms with Crippen LogP contribution >= 0.6 is 0 Å². The lowest BCUT2D eigenvalue weighted by Gasteiger charge is -2.40. The van der Waals surface area contributed by atoms with Gasteiger partial charge in [-0.15, -0.1) is 0 Å². The largest absolute Gasteiger partial charge is 0.382 e. The maximum absolute atomic E-state index is 5.65. The van der Waals surface area contributed by atoms with Crippen LogP contribution in [0.1, 0.15) is 13.8 Å². The van der Waals surface area contributed by atoms with Crippen LogP contribution in [0.3, 0.4) is 0 Å². The van der Waals surface area contributed by atoms with E-state index >= 15 is 0 Å². The monoisotopic (exact) mass is 278 g/mol. The van der Waals surface area contributed by atoms with Crippen LogP contribution in [0.2, 0.25) is 0 Å². The Labute approximate surface area is 121 Å². The van der Waals surface area contributed by atoms with Gasteiger partial charge in [0.1, 0.15) is 11.6 Å². The zero-order valence-electron chi connectivity index (χ0n) is 12.7. The Hall–Kier alpha value is -1.40. The highest BCUT2D eigenvalue weighted by molar-refractivity contribution is 5.38. The normalized spacial score (nSPS) is 19.2. The maximum atomic E-state index is 5.65. The van der Waals surface area contributed by atoms with Crippen LogP contribution in [-0.2, 0) is 0 Å². The van der Waals surface area contributed by atoms with Crippen molar-refractivity contribution in [2.45, 2.75) is 19.9 Å². The third kappa shape index (κ3) is 4.05. The molecule has 0 amide bonds. The van der Waals surface area contributed by atoms with Gasteiger partial charge >= 0.3 is 0 Å². The SMILES string of the molecule is CC(C)C(CNc1cncc(N)n1)N1CCN(C)CC1. The number of hydrogen-bond acceptors (Lipinski definition) is 6. The summed E-state index contributed by atoms with van der Waals surface area (Å²) in [7, 11) is 2.18. The topological polar surface area (TPSA) is 70.3 Å². The number of nitrogens with zero attached hydrogens (tertiary/aromatic N) is 4. The molecule has 2 rings (SSSR count). The van der Waals surface area contributed by atoms with Gasteiger partial charge in [0.25, 0.3) is 0 Å². The first-order valence-corrected chi connectivity index (χ1v) is 7.30. The molecule has 1 aromatic heterocycles. The Balaban J connectivity index is 1.92. The quantitative estimate of drug-likeness (QED) is 0.828. The van der Waals surface area contributed by atoms with Crippen molar-refractivity contribution in [3.63, 3.8) is 0 Å². The van der Waals surface area contributed by atoms with E-state index in [2.05, 4.69) is 46.0 Å². The summed E-state index contributed by atoms with van der Waals surface area (Å²) in [6.45, 7) is 9.96. The number of nitrogens with two attached hydrogens (primary N) is 1. The molecule has 1 fully saturated rings. The van der Waals surface area contributed by atoms with Crippen LogP contribution in [0.5, 0.6) is 0 Å². The highest BCUT2D eigenvalue weighted by Gasteiger charge is 2.24. The van der Waals surface area contributed by atoms with Gasteiger partial charge in [-0.3, -0.25) is 9.88 Å². The number of rotatable bonds is 5. The van der Waals surface area contributed by atoms with Crippen LogP contribution in [0.25, 0.3) is 0 Å². The summed E-state index contributed by atoms with van der Waals surface area (Å²) in [4.78, 5) is 13.2. The van der Waals surface area contributed by atoms with Crippen LogP contribution < -0.4 is 11.1 Å². The van der Waals surface area contributed by atoms with E-state index in [0.717, 1.165) is 38.5 Å². The number of piperazine rings is 1. The molecule has 1 atom stereocenters. The Kier molecular flexibility index (Phi) is 5.14. The lowest BCUT2D eigenvalue weighted by atomic mass is 10.0. The van der Waals surface area contributed by atoms with Gasteiger partial charge in [0.05, 0.1) is 12.4 Å². The molecule has 112 valence electrons. The van der Waals surface area contributed by atoms with E-state index in [1.165, 1.54) is 0 Å². The second-order valence-corrected chi connectivity index (χ2v) is 5.86. The zero-order chi connectivity index (χ0) is 14.5. The summed E-state index contributed by atoms with van der Waals surface area (Å²) < 4.78 is 0. The number of nitrogen functional groups attached to an aromatic ring is 1. The van der Waals surface area contributed by atoms with Crippen LogP contribution in [0, 0.1) is 5.92 Å². The Bertz CT molecular complexity index is 414. The van der Waals surface area contributed by atoms with Gasteiger partial charge in [-0.1, -0.05) is 13.8 Å². The van der Waals surface area contributed by atoms with Crippen molar-refractivity contribution in [2.24, 2.45) is 5.92 Å². The maximum Gasteiger partial charge on any atom is 0.147 e. The number of aromatic nitrogens is 2. The van der Waals surface area contributed by atoms with Crippen LogP contribution in [-0.4, -0.2) is 65.6 Å². The molecule has 0 bridgehead atoms. The fourth-order valence-corrected chi connectivity index (χ4v) is 2.62. The molecule has 20 heavy (non-hydrogen) atoms. The Morgan fingerprint density at radius 3 is 2.55 bits per heavy atom. The molecular formula is C14H26N6. The summed E-state index contributed by atoms with van der Waals surface area (Å²) in [5, 5.41) is 3.37. The molecule has 6 nitrogen and oxygen atoms in total. The Morgan fingerprint density at radius 1 is 1.25 bits per heavy atom. The molecular weight excluding hydrogens is 252 g/mol. The van der Waals surface area contributed by atoms with E-state index in [-0.39, 0.29) is 0 Å². The molecule has 3 N–H and O–H groups in total. The van der Waals surface area contributed by atoms with Crippen LogP contribution in [0.15, 0.2) is 12.4 Å². The van der Waals surface area contributed by atoms with Gasteiger partial charge < -0.3 is 16.0 Å². The first-order chi connectivity index (χ1) is 9.56. The Morgan fingerprint density at radius 2 is 1.95 bits per heavy atom. The molecule has 0 saturated carbocycles. The second kappa shape index (κ2) is 6.85. The van der Waals surface area contributed by atoms with Gasteiger partial charge in [-0.05, 0) is 13.0 Å². The van der Waals surface area contributed by atoms with E-state index in [4.69, 9.17) is 5.73 Å². The molecule has 1 aliphatic rings. The molecule has 0 spiro atoms. The van der Waals surface area contributed by atoms with E-state index in [0.29, 0.717) is 17.8 Å². The van der Waals surface area contributed by atoms with Crippen molar-refractivity contribution < 1.29 is 0 Å². The molecule has 1 aromatic rings. The highest BCUT2D eigenvalue weighted by Crippen LogP contribution is 2.14. The fraction of sp³-hybridized carbons (Fsp3) is 0.714. The standard InChI is InChI=1S/C14H26N6/c1-11(2)12(20-6-4-19(3)5-7-20)8-17-14-10-16-9-13(15)18-14/h9-12H,4-8H2,1-3H3,(H3,15,17,18). The van der Waals surface area contributed by atoms with Crippen molar-refractivity contribution in [2.75, 3.05) is 50.8 Å². The number of anilines is 2. The van der Waals surface area contributed by atoms with Crippen LogP contribution in [0.4, 0.5) is 11.6 Å². The van der Waals surface area contributed by atoms with Gasteiger partial charge in [0, 0.05) is 38.8 Å². The summed E-state index contributed by atoms with van der Waals surface area (Å²) in [6, 6.07) is 0.506. The van der Waals surface area contributed by atoms with E-state index in [1.54, 1.807) is 12.4 Å². The molecule has 1 saturated heterocycles. The fourth-order valence-electron chi connectivity index (χ4n) is 2.62. The first kappa shape index (κ1) is 15.0. The van der Waals surface area contributed by atoms with Gasteiger partial charge in [0.15, 0.2) is 0 Å². The number of nitrogens with one attached hydrogen (secondary N) is 1. The van der Waals surface area contributed by atoms with Crippen molar-refractivity contribution in [3.8, 4) is 0 Å². The van der Waals surface area contributed by atoms with Gasteiger partial charge in [0.2, 0.25) is 0 Å². The summed E-state index contributed by atoms with van der Waals surface area (Å²) in [6.07, 6.45) is 3.28.